The lowest BCUT2D eigenvalue weighted by Gasteiger charge is -2.26. The van der Waals surface area contributed by atoms with Crippen molar-refractivity contribution in [1.82, 2.24) is 10.6 Å². The molecular weight excluding hydrogens is 480 g/mol. The Bertz CT molecular complexity index is 1160. The molecule has 36 heavy (non-hydrogen) atoms. The van der Waals surface area contributed by atoms with E-state index < -0.39 is 35.7 Å². The molecule has 2 aromatic rings. The van der Waals surface area contributed by atoms with Gasteiger partial charge in [0.15, 0.2) is 0 Å². The van der Waals surface area contributed by atoms with Gasteiger partial charge in [-0.25, -0.2) is 9.79 Å². The van der Waals surface area contributed by atoms with E-state index in [1.54, 1.807) is 40.0 Å². The highest BCUT2D eigenvalue weighted by molar-refractivity contribution is 6.30. The maximum absolute atomic E-state index is 13.4. The number of benzodiazepines with no additional fused rings is 1. The molecule has 0 spiro atoms. The van der Waals surface area contributed by atoms with E-state index in [4.69, 9.17) is 21.3 Å². The van der Waals surface area contributed by atoms with Crippen molar-refractivity contribution in [2.45, 2.75) is 58.8 Å². The number of carbonyl (C=O) groups is 3. The molecule has 2 atom stereocenters. The van der Waals surface area contributed by atoms with Gasteiger partial charge in [0.2, 0.25) is 12.1 Å². The standard InChI is InChI=1S/C27H33ClN4O4/c1-16(2)15-20(29-26(35)36-27(3,4)5)24(33)31-23-25(34)32(6)21-10-8-7-9-19(21)22(30-23)17-11-13-18(28)14-12-17/h7-14,16,20,23H,15H2,1-6H3,(H,29,35)(H,31,33). The van der Waals surface area contributed by atoms with Crippen LogP contribution < -0.4 is 15.5 Å². The number of nitrogens with zero attached hydrogens (tertiary/aromatic N) is 2. The summed E-state index contributed by atoms with van der Waals surface area (Å²) >= 11 is 6.08. The molecule has 0 fully saturated rings. The zero-order chi connectivity index (χ0) is 26.6. The van der Waals surface area contributed by atoms with Crippen LogP contribution in [0.1, 0.15) is 52.2 Å². The number of aliphatic imine (C=N–C) groups is 1. The predicted molar refractivity (Wildman–Crippen MR) is 141 cm³/mol. The average molecular weight is 513 g/mol. The first kappa shape index (κ1) is 27.2. The molecule has 1 aliphatic rings. The first-order chi connectivity index (χ1) is 16.9. The lowest BCUT2D eigenvalue weighted by atomic mass is 10.0. The summed E-state index contributed by atoms with van der Waals surface area (Å²) < 4.78 is 5.33. The fourth-order valence-corrected chi connectivity index (χ4v) is 3.97. The van der Waals surface area contributed by atoms with Crippen molar-refractivity contribution in [2.75, 3.05) is 11.9 Å². The Labute approximate surface area is 217 Å². The van der Waals surface area contributed by atoms with Crippen molar-refractivity contribution in [3.63, 3.8) is 0 Å². The maximum atomic E-state index is 13.4. The number of para-hydroxylation sites is 1. The molecule has 0 aromatic heterocycles. The Morgan fingerprint density at radius 2 is 1.75 bits per heavy atom. The van der Waals surface area contributed by atoms with Gasteiger partial charge >= 0.3 is 6.09 Å². The number of alkyl carbamates (subject to hydrolysis) is 1. The number of benzene rings is 2. The predicted octanol–water partition coefficient (Wildman–Crippen LogP) is 4.54. The Hall–Kier alpha value is -3.39. The Morgan fingerprint density at radius 3 is 2.36 bits per heavy atom. The highest BCUT2D eigenvalue weighted by Crippen LogP contribution is 2.27. The molecule has 3 amide bonds. The highest BCUT2D eigenvalue weighted by atomic mass is 35.5. The van der Waals surface area contributed by atoms with Gasteiger partial charge in [0, 0.05) is 23.2 Å². The zero-order valence-corrected chi connectivity index (χ0v) is 22.2. The summed E-state index contributed by atoms with van der Waals surface area (Å²) in [7, 11) is 1.64. The van der Waals surface area contributed by atoms with Crippen LogP contribution in [-0.4, -0.2) is 48.5 Å². The van der Waals surface area contributed by atoms with Crippen LogP contribution in [0.15, 0.2) is 53.5 Å². The molecule has 0 saturated heterocycles. The van der Waals surface area contributed by atoms with Crippen LogP contribution in [0.3, 0.4) is 0 Å². The molecule has 1 aliphatic heterocycles. The van der Waals surface area contributed by atoms with Crippen LogP contribution in [0.25, 0.3) is 0 Å². The Morgan fingerprint density at radius 1 is 1.11 bits per heavy atom. The van der Waals surface area contributed by atoms with Gasteiger partial charge in [-0.1, -0.05) is 55.8 Å². The minimum atomic E-state index is -1.20. The number of hydrogen-bond acceptors (Lipinski definition) is 5. The average Bonchev–Trinajstić information content (AvgIpc) is 2.88. The normalized spacial score (nSPS) is 16.6. The molecule has 192 valence electrons. The van der Waals surface area contributed by atoms with E-state index in [0.717, 1.165) is 11.1 Å². The van der Waals surface area contributed by atoms with Gasteiger partial charge in [-0.05, 0) is 51.3 Å². The fraction of sp³-hybridized carbons (Fsp3) is 0.407. The summed E-state index contributed by atoms with van der Waals surface area (Å²) in [6, 6.07) is 13.6. The number of halogens is 1. The van der Waals surface area contributed by atoms with Gasteiger partial charge < -0.3 is 20.3 Å². The van der Waals surface area contributed by atoms with Crippen LogP contribution in [0.4, 0.5) is 10.5 Å². The molecule has 0 bridgehead atoms. The Balaban J connectivity index is 1.95. The van der Waals surface area contributed by atoms with Gasteiger partial charge in [-0.3, -0.25) is 9.59 Å². The van der Waals surface area contributed by atoms with Crippen LogP contribution in [0.2, 0.25) is 5.02 Å². The van der Waals surface area contributed by atoms with Crippen molar-refractivity contribution in [1.29, 1.82) is 0 Å². The topological polar surface area (TPSA) is 100 Å². The molecule has 2 N–H and O–H groups in total. The number of amides is 3. The molecule has 0 radical (unpaired) electrons. The minimum absolute atomic E-state index is 0.0978. The van der Waals surface area contributed by atoms with Crippen molar-refractivity contribution in [3.8, 4) is 0 Å². The second-order valence-electron chi connectivity index (χ2n) is 10.1. The van der Waals surface area contributed by atoms with Crippen molar-refractivity contribution in [3.05, 3.63) is 64.7 Å². The monoisotopic (exact) mass is 512 g/mol. The number of fused-ring (bicyclic) bond motifs is 1. The summed E-state index contributed by atoms with van der Waals surface area (Å²) in [5, 5.41) is 5.96. The summed E-state index contributed by atoms with van der Waals surface area (Å²) in [4.78, 5) is 45.3. The highest BCUT2D eigenvalue weighted by Gasteiger charge is 2.33. The molecule has 0 saturated carbocycles. The smallest absolute Gasteiger partial charge is 0.408 e. The summed E-state index contributed by atoms with van der Waals surface area (Å²) in [6.07, 6.45) is -1.54. The van der Waals surface area contributed by atoms with Gasteiger partial charge in [-0.15, -0.1) is 0 Å². The second kappa shape index (κ2) is 11.1. The number of hydrogen-bond donors (Lipinski definition) is 2. The third kappa shape index (κ3) is 6.85. The van der Waals surface area contributed by atoms with E-state index >= 15 is 0 Å². The number of carbonyl (C=O) groups excluding carboxylic acids is 3. The number of nitrogens with one attached hydrogen (secondary N) is 2. The SMILES string of the molecule is CC(C)CC(NC(=O)OC(C)(C)C)C(=O)NC1N=C(c2ccc(Cl)cc2)c2ccccc2N(C)C1=O. The lowest BCUT2D eigenvalue weighted by molar-refractivity contribution is -0.128. The van der Waals surface area contributed by atoms with E-state index in [1.165, 1.54) is 4.90 Å². The minimum Gasteiger partial charge on any atom is -0.444 e. The lowest BCUT2D eigenvalue weighted by Crippen LogP contribution is -2.54. The first-order valence-electron chi connectivity index (χ1n) is 11.9. The largest absolute Gasteiger partial charge is 0.444 e. The van der Waals surface area contributed by atoms with E-state index in [1.807, 2.05) is 50.2 Å². The number of ether oxygens (including phenoxy) is 1. The first-order valence-corrected chi connectivity index (χ1v) is 12.2. The van der Waals surface area contributed by atoms with Gasteiger partial charge in [0.25, 0.3) is 5.91 Å². The fourth-order valence-electron chi connectivity index (χ4n) is 3.84. The van der Waals surface area contributed by atoms with Crippen LogP contribution in [0.5, 0.6) is 0 Å². The number of likely N-dealkylation sites (N-methyl/N-ethyl adjacent to an activating group) is 1. The van der Waals surface area contributed by atoms with Crippen molar-refractivity contribution < 1.29 is 19.1 Å². The van der Waals surface area contributed by atoms with Crippen molar-refractivity contribution >= 4 is 40.9 Å². The van der Waals surface area contributed by atoms with Crippen LogP contribution in [0, 0.1) is 5.92 Å². The second-order valence-corrected chi connectivity index (χ2v) is 10.6. The molecule has 8 nitrogen and oxygen atoms in total. The van der Waals surface area contributed by atoms with Crippen LogP contribution in [-0.2, 0) is 14.3 Å². The van der Waals surface area contributed by atoms with E-state index in [-0.39, 0.29) is 5.92 Å². The number of rotatable bonds is 6. The Kier molecular flexibility index (Phi) is 8.40. The molecule has 1 heterocycles. The summed E-state index contributed by atoms with van der Waals surface area (Å²) in [6.45, 7) is 9.11. The van der Waals surface area contributed by atoms with E-state index in [9.17, 15) is 14.4 Å². The van der Waals surface area contributed by atoms with Gasteiger partial charge in [0.05, 0.1) is 11.4 Å². The molecule has 3 rings (SSSR count). The van der Waals surface area contributed by atoms with Gasteiger partial charge in [-0.2, -0.15) is 0 Å². The zero-order valence-electron chi connectivity index (χ0n) is 21.5. The molecule has 2 aromatic carbocycles. The van der Waals surface area contributed by atoms with E-state index in [2.05, 4.69) is 10.6 Å². The quantitative estimate of drug-likeness (QED) is 0.593. The molecule has 9 heteroatoms. The molecular formula is C27H33ClN4O4. The van der Waals surface area contributed by atoms with Gasteiger partial charge in [0.1, 0.15) is 11.6 Å². The molecule has 2 unspecified atom stereocenters. The number of anilines is 1. The third-order valence-corrected chi connectivity index (χ3v) is 5.71. The third-order valence-electron chi connectivity index (χ3n) is 5.45. The summed E-state index contributed by atoms with van der Waals surface area (Å²) in [5.41, 5.74) is 1.99. The van der Waals surface area contributed by atoms with E-state index in [0.29, 0.717) is 22.8 Å². The maximum Gasteiger partial charge on any atom is 0.408 e. The van der Waals surface area contributed by atoms with Crippen LogP contribution >= 0.6 is 11.6 Å². The molecule has 0 aliphatic carbocycles. The van der Waals surface area contributed by atoms with Crippen molar-refractivity contribution in [2.24, 2.45) is 10.9 Å². The summed E-state index contributed by atoms with van der Waals surface area (Å²) in [5.74, 6) is -0.827.